The minimum atomic E-state index is -0.791. The molecule has 3 amide bonds. The molecule has 4 rings (SSSR count). The first-order chi connectivity index (χ1) is 16.5. The molecule has 0 saturated carbocycles. The Kier molecular flexibility index (Phi) is 7.80. The minimum Gasteiger partial charge on any atom is -0.369 e. The Hall–Kier alpha value is -3.39. The molecule has 2 aliphatic heterocycles. The average molecular weight is 464 g/mol. The van der Waals surface area contributed by atoms with E-state index in [4.69, 9.17) is 0 Å². The average Bonchev–Trinajstić information content (AvgIpc) is 2.86. The van der Waals surface area contributed by atoms with Crippen LogP contribution in [0.25, 0.3) is 0 Å². The van der Waals surface area contributed by atoms with Crippen LogP contribution in [0.2, 0.25) is 0 Å². The van der Waals surface area contributed by atoms with E-state index >= 15 is 0 Å². The summed E-state index contributed by atoms with van der Waals surface area (Å²) in [6.45, 7) is 6.35. The second kappa shape index (κ2) is 11.2. The third kappa shape index (κ3) is 5.75. The number of anilines is 2. The van der Waals surface area contributed by atoms with E-state index in [0.717, 1.165) is 43.9 Å². The number of hydrogen-bond donors (Lipinski definition) is 2. The lowest BCUT2D eigenvalue weighted by molar-refractivity contribution is -0.145. The van der Waals surface area contributed by atoms with Crippen molar-refractivity contribution in [2.75, 3.05) is 56.0 Å². The first-order valence-electron chi connectivity index (χ1n) is 12.0. The van der Waals surface area contributed by atoms with Gasteiger partial charge in [-0.15, -0.1) is 0 Å². The van der Waals surface area contributed by atoms with Gasteiger partial charge >= 0.3 is 0 Å². The standard InChI is InChI=1S/C26H33N5O3/c1-2-20-8-6-7-11-22(20)28-24(32)18-23-26(34)27-12-13-31(23)25(33)19-29-14-16-30(17-15-29)21-9-4-3-5-10-21/h3-11,23H,2,12-19H2,1H3,(H,27,34)(H,28,32)/t23-/m0/s1. The van der Waals surface area contributed by atoms with Gasteiger partial charge in [0.1, 0.15) is 6.04 Å². The Balaban J connectivity index is 1.34. The van der Waals surface area contributed by atoms with E-state index in [1.807, 2.05) is 49.4 Å². The van der Waals surface area contributed by atoms with Crippen molar-refractivity contribution >= 4 is 29.1 Å². The minimum absolute atomic E-state index is 0.0581. The number of benzene rings is 2. The van der Waals surface area contributed by atoms with Crippen LogP contribution in [0.5, 0.6) is 0 Å². The van der Waals surface area contributed by atoms with Gasteiger partial charge < -0.3 is 20.4 Å². The first-order valence-corrected chi connectivity index (χ1v) is 12.0. The van der Waals surface area contributed by atoms with E-state index in [1.165, 1.54) is 5.69 Å². The van der Waals surface area contributed by atoms with Crippen LogP contribution in [0.1, 0.15) is 18.9 Å². The highest BCUT2D eigenvalue weighted by molar-refractivity contribution is 5.98. The molecule has 2 fully saturated rings. The van der Waals surface area contributed by atoms with E-state index in [0.29, 0.717) is 13.1 Å². The van der Waals surface area contributed by atoms with Gasteiger partial charge in [-0.2, -0.15) is 0 Å². The van der Waals surface area contributed by atoms with Crippen LogP contribution in [0.4, 0.5) is 11.4 Å². The van der Waals surface area contributed by atoms with E-state index < -0.39 is 6.04 Å². The Bertz CT molecular complexity index is 1000. The predicted octanol–water partition coefficient (Wildman–Crippen LogP) is 1.73. The number of hydrogen-bond acceptors (Lipinski definition) is 5. The van der Waals surface area contributed by atoms with E-state index in [2.05, 4.69) is 32.6 Å². The zero-order valence-electron chi connectivity index (χ0n) is 19.7. The number of rotatable bonds is 7. The molecule has 0 aromatic heterocycles. The van der Waals surface area contributed by atoms with Crippen LogP contribution in [0.3, 0.4) is 0 Å². The predicted molar refractivity (Wildman–Crippen MR) is 133 cm³/mol. The Morgan fingerprint density at radius 1 is 0.971 bits per heavy atom. The van der Waals surface area contributed by atoms with E-state index in [1.54, 1.807) is 4.90 Å². The lowest BCUT2D eigenvalue weighted by atomic mass is 10.1. The number of para-hydroxylation sites is 2. The van der Waals surface area contributed by atoms with E-state index in [9.17, 15) is 14.4 Å². The van der Waals surface area contributed by atoms with Crippen molar-refractivity contribution in [3.8, 4) is 0 Å². The molecule has 2 aliphatic rings. The number of carbonyl (C=O) groups excluding carboxylic acids is 3. The number of nitrogens with zero attached hydrogens (tertiary/aromatic N) is 3. The van der Waals surface area contributed by atoms with Crippen molar-refractivity contribution < 1.29 is 14.4 Å². The quantitative estimate of drug-likeness (QED) is 0.653. The highest BCUT2D eigenvalue weighted by Gasteiger charge is 2.35. The first kappa shape index (κ1) is 23.8. The maximum Gasteiger partial charge on any atom is 0.243 e. The summed E-state index contributed by atoms with van der Waals surface area (Å²) >= 11 is 0. The van der Waals surface area contributed by atoms with Crippen molar-refractivity contribution in [3.63, 3.8) is 0 Å². The molecule has 2 aromatic carbocycles. The van der Waals surface area contributed by atoms with Gasteiger partial charge in [0.15, 0.2) is 0 Å². The zero-order valence-corrected chi connectivity index (χ0v) is 19.7. The van der Waals surface area contributed by atoms with Gasteiger partial charge in [-0.3, -0.25) is 19.3 Å². The summed E-state index contributed by atoms with van der Waals surface area (Å²) in [4.78, 5) is 44.6. The Morgan fingerprint density at radius 3 is 2.41 bits per heavy atom. The van der Waals surface area contributed by atoms with Gasteiger partial charge in [-0.25, -0.2) is 0 Å². The summed E-state index contributed by atoms with van der Waals surface area (Å²) in [6, 6.07) is 17.1. The number of nitrogens with one attached hydrogen (secondary N) is 2. The highest BCUT2D eigenvalue weighted by Crippen LogP contribution is 2.18. The molecule has 2 aromatic rings. The Morgan fingerprint density at radius 2 is 1.68 bits per heavy atom. The molecule has 180 valence electrons. The van der Waals surface area contributed by atoms with Crippen molar-refractivity contribution in [2.24, 2.45) is 0 Å². The SMILES string of the molecule is CCc1ccccc1NC(=O)C[C@H]1C(=O)NCCN1C(=O)CN1CCN(c2ccccc2)CC1. The van der Waals surface area contributed by atoms with Gasteiger partial charge in [0, 0.05) is 50.6 Å². The van der Waals surface area contributed by atoms with Gasteiger partial charge in [-0.1, -0.05) is 43.3 Å². The lowest BCUT2D eigenvalue weighted by Crippen LogP contribution is -2.60. The largest absolute Gasteiger partial charge is 0.369 e. The van der Waals surface area contributed by atoms with Crippen molar-refractivity contribution in [1.29, 1.82) is 0 Å². The number of aryl methyl sites for hydroxylation is 1. The molecular weight excluding hydrogens is 430 g/mol. The van der Waals surface area contributed by atoms with Crippen molar-refractivity contribution in [2.45, 2.75) is 25.8 Å². The smallest absolute Gasteiger partial charge is 0.243 e. The third-order valence-corrected chi connectivity index (χ3v) is 6.55. The molecular formula is C26H33N5O3. The molecule has 1 atom stereocenters. The summed E-state index contributed by atoms with van der Waals surface area (Å²) in [7, 11) is 0. The fourth-order valence-corrected chi connectivity index (χ4v) is 4.63. The number of piperazine rings is 2. The molecule has 34 heavy (non-hydrogen) atoms. The summed E-state index contributed by atoms with van der Waals surface area (Å²) in [5.41, 5.74) is 2.98. The second-order valence-electron chi connectivity index (χ2n) is 8.76. The number of carbonyl (C=O) groups is 3. The van der Waals surface area contributed by atoms with Gasteiger partial charge in [0.2, 0.25) is 17.7 Å². The van der Waals surface area contributed by atoms with Gasteiger partial charge in [0.25, 0.3) is 0 Å². The summed E-state index contributed by atoms with van der Waals surface area (Å²) < 4.78 is 0. The molecule has 0 radical (unpaired) electrons. The van der Waals surface area contributed by atoms with Crippen LogP contribution >= 0.6 is 0 Å². The van der Waals surface area contributed by atoms with E-state index in [-0.39, 0.29) is 30.7 Å². The molecule has 8 heteroatoms. The van der Waals surface area contributed by atoms with Gasteiger partial charge in [-0.05, 0) is 30.2 Å². The molecule has 2 saturated heterocycles. The maximum atomic E-state index is 13.2. The topological polar surface area (TPSA) is 85.0 Å². The second-order valence-corrected chi connectivity index (χ2v) is 8.76. The van der Waals surface area contributed by atoms with Crippen LogP contribution in [-0.2, 0) is 20.8 Å². The van der Waals surface area contributed by atoms with Crippen molar-refractivity contribution in [3.05, 3.63) is 60.2 Å². The highest BCUT2D eigenvalue weighted by atomic mass is 16.2. The third-order valence-electron chi connectivity index (χ3n) is 6.55. The van der Waals surface area contributed by atoms with Gasteiger partial charge in [0.05, 0.1) is 13.0 Å². The monoisotopic (exact) mass is 463 g/mol. The van der Waals surface area contributed by atoms with Crippen LogP contribution < -0.4 is 15.5 Å². The molecule has 0 spiro atoms. The zero-order chi connectivity index (χ0) is 23.9. The summed E-state index contributed by atoms with van der Waals surface area (Å²) in [5.74, 6) is -0.639. The summed E-state index contributed by atoms with van der Waals surface area (Å²) in [5, 5.41) is 5.72. The molecule has 8 nitrogen and oxygen atoms in total. The van der Waals surface area contributed by atoms with Crippen LogP contribution in [-0.4, -0.2) is 79.4 Å². The summed E-state index contributed by atoms with van der Waals surface area (Å²) in [6.07, 6.45) is 0.736. The fourth-order valence-electron chi connectivity index (χ4n) is 4.63. The fraction of sp³-hybridized carbons (Fsp3) is 0.423. The lowest BCUT2D eigenvalue weighted by Gasteiger charge is -2.39. The van der Waals surface area contributed by atoms with Crippen LogP contribution in [0, 0.1) is 0 Å². The normalized spacial score (nSPS) is 19.0. The maximum absolute atomic E-state index is 13.2. The molecule has 2 heterocycles. The molecule has 0 bridgehead atoms. The molecule has 0 unspecified atom stereocenters. The number of amides is 3. The van der Waals surface area contributed by atoms with Crippen molar-refractivity contribution in [1.82, 2.24) is 15.1 Å². The molecule has 0 aliphatic carbocycles. The van der Waals surface area contributed by atoms with Crippen LogP contribution in [0.15, 0.2) is 54.6 Å². The Labute approximate surface area is 200 Å². The molecule has 2 N–H and O–H groups in total.